The zero-order valence-corrected chi connectivity index (χ0v) is 13.5. The van der Waals surface area contributed by atoms with E-state index < -0.39 is 16.1 Å². The second kappa shape index (κ2) is 8.86. The Morgan fingerprint density at radius 3 is 2.80 bits per heavy atom. The van der Waals surface area contributed by atoms with Gasteiger partial charge in [0.25, 0.3) is 0 Å². The van der Waals surface area contributed by atoms with Gasteiger partial charge in [-0.2, -0.15) is 16.1 Å². The number of rotatable bonds is 8. The lowest BCUT2D eigenvalue weighted by molar-refractivity contribution is -0.125. The molecule has 2 N–H and O–H groups in total. The van der Waals surface area contributed by atoms with Gasteiger partial charge in [0, 0.05) is 25.4 Å². The predicted molar refractivity (Wildman–Crippen MR) is 81.2 cm³/mol. The largest absolute Gasteiger partial charge is 0.396 e. The summed E-state index contributed by atoms with van der Waals surface area (Å²) in [5, 5.41) is 11.4. The second-order valence-corrected chi connectivity index (χ2v) is 8.03. The third-order valence-electron chi connectivity index (χ3n) is 3.17. The van der Waals surface area contributed by atoms with Crippen molar-refractivity contribution >= 4 is 27.7 Å². The van der Waals surface area contributed by atoms with Crippen LogP contribution in [0.25, 0.3) is 0 Å². The molecule has 0 radical (unpaired) electrons. The standard InChI is InChI=1S/C12H24N2O4S2/c1-20(17,18)14-7-3-2-5-11(14)12(16)13-6-10-19-9-4-8-15/h11,15H,2-10H2,1H3,(H,13,16). The highest BCUT2D eigenvalue weighted by Crippen LogP contribution is 2.19. The number of nitrogens with zero attached hydrogens (tertiary/aromatic N) is 1. The molecule has 1 fully saturated rings. The number of aliphatic hydroxyl groups excluding tert-OH is 1. The van der Waals surface area contributed by atoms with Crippen LogP contribution in [0.3, 0.4) is 0 Å². The van der Waals surface area contributed by atoms with Crippen LogP contribution in [0.1, 0.15) is 25.7 Å². The van der Waals surface area contributed by atoms with Crippen LogP contribution < -0.4 is 5.32 Å². The number of amides is 1. The number of carbonyl (C=O) groups is 1. The summed E-state index contributed by atoms with van der Waals surface area (Å²) in [4.78, 5) is 12.1. The fraction of sp³-hybridized carbons (Fsp3) is 0.917. The highest BCUT2D eigenvalue weighted by Gasteiger charge is 2.34. The molecule has 0 aromatic heterocycles. The number of hydrogen-bond donors (Lipinski definition) is 2. The molecule has 1 atom stereocenters. The zero-order chi connectivity index (χ0) is 15.0. The molecule has 0 spiro atoms. The van der Waals surface area contributed by atoms with Crippen molar-refractivity contribution in [2.45, 2.75) is 31.7 Å². The second-order valence-electron chi connectivity index (χ2n) is 4.87. The molecule has 1 amide bonds. The molecular weight excluding hydrogens is 300 g/mol. The van der Waals surface area contributed by atoms with E-state index in [9.17, 15) is 13.2 Å². The summed E-state index contributed by atoms with van der Waals surface area (Å²) in [5.74, 6) is 1.45. The van der Waals surface area contributed by atoms with E-state index in [-0.39, 0.29) is 12.5 Å². The molecule has 1 aliphatic rings. The molecule has 1 aliphatic heterocycles. The lowest BCUT2D eigenvalue weighted by Gasteiger charge is -2.32. The van der Waals surface area contributed by atoms with E-state index in [1.54, 1.807) is 11.8 Å². The number of nitrogens with one attached hydrogen (secondary N) is 1. The van der Waals surface area contributed by atoms with Crippen LogP contribution in [0.4, 0.5) is 0 Å². The van der Waals surface area contributed by atoms with Gasteiger partial charge in [0.1, 0.15) is 6.04 Å². The van der Waals surface area contributed by atoms with Gasteiger partial charge in [-0.05, 0) is 25.0 Å². The van der Waals surface area contributed by atoms with Gasteiger partial charge in [0.2, 0.25) is 15.9 Å². The first kappa shape index (κ1) is 17.7. The highest BCUT2D eigenvalue weighted by molar-refractivity contribution is 7.99. The van der Waals surface area contributed by atoms with E-state index in [1.165, 1.54) is 4.31 Å². The summed E-state index contributed by atoms with van der Waals surface area (Å²) in [6.45, 7) is 1.15. The Balaban J connectivity index is 2.37. The maximum Gasteiger partial charge on any atom is 0.238 e. The van der Waals surface area contributed by atoms with E-state index in [0.29, 0.717) is 19.5 Å². The van der Waals surface area contributed by atoms with Gasteiger partial charge in [-0.25, -0.2) is 8.42 Å². The van der Waals surface area contributed by atoms with Gasteiger partial charge >= 0.3 is 0 Å². The van der Waals surface area contributed by atoms with Crippen LogP contribution in [-0.2, 0) is 14.8 Å². The van der Waals surface area contributed by atoms with Crippen molar-refractivity contribution in [2.75, 3.05) is 37.5 Å². The molecule has 1 rings (SSSR count). The van der Waals surface area contributed by atoms with Gasteiger partial charge in [0.15, 0.2) is 0 Å². The van der Waals surface area contributed by atoms with E-state index >= 15 is 0 Å². The lowest BCUT2D eigenvalue weighted by Crippen LogP contribution is -2.51. The average Bonchev–Trinajstić information content (AvgIpc) is 2.41. The SMILES string of the molecule is CS(=O)(=O)N1CCCCC1C(=O)NCCSCCCO. The molecule has 6 nitrogen and oxygen atoms in total. The molecule has 0 aromatic rings. The van der Waals surface area contributed by atoms with Gasteiger partial charge in [-0.1, -0.05) is 6.42 Å². The van der Waals surface area contributed by atoms with E-state index in [1.807, 2.05) is 0 Å². The summed E-state index contributed by atoms with van der Waals surface area (Å²) in [5.41, 5.74) is 0. The van der Waals surface area contributed by atoms with Crippen molar-refractivity contribution in [1.29, 1.82) is 0 Å². The van der Waals surface area contributed by atoms with Crippen molar-refractivity contribution in [3.8, 4) is 0 Å². The number of carbonyl (C=O) groups excluding carboxylic acids is 1. The predicted octanol–water partition coefficient (Wildman–Crippen LogP) is 0.0323. The molecule has 20 heavy (non-hydrogen) atoms. The summed E-state index contributed by atoms with van der Waals surface area (Å²) < 4.78 is 24.6. The minimum Gasteiger partial charge on any atom is -0.396 e. The molecular formula is C12H24N2O4S2. The van der Waals surface area contributed by atoms with Gasteiger partial charge < -0.3 is 10.4 Å². The maximum atomic E-state index is 12.1. The number of hydrogen-bond acceptors (Lipinski definition) is 5. The third-order valence-corrected chi connectivity index (χ3v) is 5.53. The summed E-state index contributed by atoms with van der Waals surface area (Å²) >= 11 is 1.67. The Morgan fingerprint density at radius 2 is 2.15 bits per heavy atom. The summed E-state index contributed by atoms with van der Waals surface area (Å²) in [6.07, 6.45) is 4.20. The molecule has 0 bridgehead atoms. The molecule has 8 heteroatoms. The zero-order valence-electron chi connectivity index (χ0n) is 11.9. The number of sulfonamides is 1. The summed E-state index contributed by atoms with van der Waals surface area (Å²) in [7, 11) is -3.32. The average molecular weight is 324 g/mol. The van der Waals surface area contributed by atoms with Crippen molar-refractivity contribution in [2.24, 2.45) is 0 Å². The maximum absolute atomic E-state index is 12.1. The van der Waals surface area contributed by atoms with Crippen LogP contribution >= 0.6 is 11.8 Å². The number of piperidine rings is 1. The first-order valence-corrected chi connectivity index (χ1v) is 9.90. The molecule has 1 saturated heterocycles. The summed E-state index contributed by atoms with van der Waals surface area (Å²) in [6, 6.07) is -0.554. The lowest BCUT2D eigenvalue weighted by atomic mass is 10.0. The van der Waals surface area contributed by atoms with Crippen molar-refractivity contribution in [3.05, 3.63) is 0 Å². The Hall–Kier alpha value is -0.310. The molecule has 0 saturated carbocycles. The third kappa shape index (κ3) is 5.99. The Labute approximate surface area is 125 Å². The highest BCUT2D eigenvalue weighted by atomic mass is 32.2. The van der Waals surface area contributed by atoms with Gasteiger partial charge in [-0.15, -0.1) is 0 Å². The van der Waals surface area contributed by atoms with Crippen molar-refractivity contribution < 1.29 is 18.3 Å². The van der Waals surface area contributed by atoms with E-state index in [0.717, 1.165) is 37.0 Å². The van der Waals surface area contributed by atoms with Crippen molar-refractivity contribution in [1.82, 2.24) is 9.62 Å². The van der Waals surface area contributed by atoms with Crippen LogP contribution in [0.15, 0.2) is 0 Å². The monoisotopic (exact) mass is 324 g/mol. The quantitative estimate of drug-likeness (QED) is 0.615. The minimum absolute atomic E-state index is 0.185. The number of aliphatic hydroxyl groups is 1. The topological polar surface area (TPSA) is 86.7 Å². The van der Waals surface area contributed by atoms with Gasteiger partial charge in [-0.3, -0.25) is 4.79 Å². The molecule has 1 heterocycles. The minimum atomic E-state index is -3.32. The van der Waals surface area contributed by atoms with Crippen LogP contribution in [0.5, 0.6) is 0 Å². The smallest absolute Gasteiger partial charge is 0.238 e. The Bertz CT molecular complexity index is 400. The Kier molecular flexibility index (Phi) is 7.86. The number of thioether (sulfide) groups is 1. The van der Waals surface area contributed by atoms with Crippen molar-refractivity contribution in [3.63, 3.8) is 0 Å². The Morgan fingerprint density at radius 1 is 1.40 bits per heavy atom. The van der Waals surface area contributed by atoms with E-state index in [4.69, 9.17) is 5.11 Å². The fourth-order valence-corrected chi connectivity index (χ4v) is 4.10. The van der Waals surface area contributed by atoms with Crippen LogP contribution in [0.2, 0.25) is 0 Å². The first-order chi connectivity index (χ1) is 9.46. The normalized spacial score (nSPS) is 20.8. The van der Waals surface area contributed by atoms with Crippen LogP contribution in [0, 0.1) is 0 Å². The fourth-order valence-electron chi connectivity index (χ4n) is 2.20. The first-order valence-electron chi connectivity index (χ1n) is 6.90. The molecule has 0 aliphatic carbocycles. The van der Waals surface area contributed by atoms with Gasteiger partial charge in [0.05, 0.1) is 6.26 Å². The molecule has 118 valence electrons. The molecule has 0 aromatic carbocycles. The van der Waals surface area contributed by atoms with Crippen LogP contribution in [-0.4, -0.2) is 67.2 Å². The molecule has 1 unspecified atom stereocenters. The van der Waals surface area contributed by atoms with E-state index in [2.05, 4.69) is 5.32 Å².